The molecule has 2 N–H and O–H groups in total. The van der Waals surface area contributed by atoms with Crippen LogP contribution in [0.25, 0.3) is 0 Å². The summed E-state index contributed by atoms with van der Waals surface area (Å²) in [7, 11) is 3.85. The highest BCUT2D eigenvalue weighted by Gasteiger charge is 2.14. The van der Waals surface area contributed by atoms with Crippen LogP contribution in [0.1, 0.15) is 25.0 Å². The highest BCUT2D eigenvalue weighted by molar-refractivity contribution is 5.85. The lowest BCUT2D eigenvalue weighted by Crippen LogP contribution is -2.21. The van der Waals surface area contributed by atoms with Gasteiger partial charge in [0.15, 0.2) is 0 Å². The molecule has 25 heavy (non-hydrogen) atoms. The molecule has 0 fully saturated rings. The van der Waals surface area contributed by atoms with Crippen molar-refractivity contribution in [1.82, 2.24) is 0 Å². The Morgan fingerprint density at radius 1 is 0.960 bits per heavy atom. The summed E-state index contributed by atoms with van der Waals surface area (Å²) in [5.74, 6) is 0.405. The Labute approximate surface area is 149 Å². The number of nitrogens with zero attached hydrogens (tertiary/aromatic N) is 3. The molecular weight excluding hydrogens is 314 g/mol. The third-order valence-electron chi connectivity index (χ3n) is 3.73. The van der Waals surface area contributed by atoms with Gasteiger partial charge in [-0.15, -0.1) is 0 Å². The molecule has 0 aliphatic heterocycles. The van der Waals surface area contributed by atoms with E-state index in [9.17, 15) is 10.2 Å². The lowest BCUT2D eigenvalue weighted by Gasteiger charge is -2.17. The molecule has 0 aliphatic rings. The molecule has 2 rings (SSSR count). The number of para-hydroxylation sites is 1. The summed E-state index contributed by atoms with van der Waals surface area (Å²) < 4.78 is 0. The number of aromatic hydroxyl groups is 2. The molecule has 0 unspecified atom stereocenters. The van der Waals surface area contributed by atoms with Gasteiger partial charge in [0.25, 0.3) is 0 Å². The van der Waals surface area contributed by atoms with Crippen molar-refractivity contribution >= 4 is 18.1 Å². The molecular formula is C20H25N3O2. The van der Waals surface area contributed by atoms with Gasteiger partial charge in [-0.3, -0.25) is 9.98 Å². The molecule has 0 atom stereocenters. The van der Waals surface area contributed by atoms with E-state index in [1.165, 1.54) is 0 Å². The van der Waals surface area contributed by atoms with Crippen molar-refractivity contribution in [3.8, 4) is 11.5 Å². The minimum Gasteiger partial charge on any atom is -0.507 e. The van der Waals surface area contributed by atoms with Crippen LogP contribution in [0.2, 0.25) is 0 Å². The van der Waals surface area contributed by atoms with Crippen LogP contribution in [0, 0.1) is 0 Å². The number of hydrogen-bond acceptors (Lipinski definition) is 5. The third-order valence-corrected chi connectivity index (χ3v) is 3.73. The molecule has 0 saturated carbocycles. The zero-order valence-electron chi connectivity index (χ0n) is 15.1. The minimum atomic E-state index is -0.423. The summed E-state index contributed by atoms with van der Waals surface area (Å²) in [6, 6.07) is 12.5. The maximum atomic E-state index is 10.1. The quantitative estimate of drug-likeness (QED) is 0.792. The van der Waals surface area contributed by atoms with Crippen molar-refractivity contribution in [2.24, 2.45) is 9.98 Å². The van der Waals surface area contributed by atoms with Gasteiger partial charge in [0, 0.05) is 49.4 Å². The van der Waals surface area contributed by atoms with Gasteiger partial charge in [-0.1, -0.05) is 12.1 Å². The topological polar surface area (TPSA) is 68.4 Å². The highest BCUT2D eigenvalue weighted by atomic mass is 16.3. The van der Waals surface area contributed by atoms with Crippen molar-refractivity contribution < 1.29 is 10.2 Å². The first-order valence-corrected chi connectivity index (χ1v) is 8.12. The first kappa shape index (κ1) is 18.5. The van der Waals surface area contributed by atoms with Crippen LogP contribution in [-0.2, 0) is 0 Å². The predicted molar refractivity (Wildman–Crippen MR) is 105 cm³/mol. The Morgan fingerprint density at radius 3 is 2.28 bits per heavy atom. The molecule has 0 aliphatic carbocycles. The second kappa shape index (κ2) is 7.83. The number of aliphatic imine (C=N–C) groups is 2. The van der Waals surface area contributed by atoms with Gasteiger partial charge >= 0.3 is 0 Å². The van der Waals surface area contributed by atoms with Gasteiger partial charge in [-0.2, -0.15) is 0 Å². The predicted octanol–water partition coefficient (Wildman–Crippen LogP) is 3.48. The zero-order valence-corrected chi connectivity index (χ0v) is 15.1. The zero-order chi connectivity index (χ0) is 18.4. The number of rotatable bonds is 6. The van der Waals surface area contributed by atoms with Crippen LogP contribution in [0.5, 0.6) is 11.5 Å². The average molecular weight is 339 g/mol. The van der Waals surface area contributed by atoms with E-state index in [1.807, 2.05) is 51.0 Å². The fourth-order valence-electron chi connectivity index (χ4n) is 2.17. The van der Waals surface area contributed by atoms with Gasteiger partial charge in [0.1, 0.15) is 11.5 Å². The first-order chi connectivity index (χ1) is 11.8. The Kier molecular flexibility index (Phi) is 5.80. The molecule has 0 saturated heterocycles. The molecule has 2 aromatic carbocycles. The Balaban J connectivity index is 2.05. The molecule has 5 heteroatoms. The third kappa shape index (κ3) is 5.35. The fraction of sp³-hybridized carbons (Fsp3) is 0.300. The van der Waals surface area contributed by atoms with Crippen LogP contribution >= 0.6 is 0 Å². The van der Waals surface area contributed by atoms with Gasteiger partial charge in [0.2, 0.25) is 0 Å². The second-order valence-corrected chi connectivity index (χ2v) is 6.74. The van der Waals surface area contributed by atoms with Crippen molar-refractivity contribution in [3.63, 3.8) is 0 Å². The second-order valence-electron chi connectivity index (χ2n) is 6.74. The van der Waals surface area contributed by atoms with E-state index < -0.39 is 5.54 Å². The summed E-state index contributed by atoms with van der Waals surface area (Å²) in [6.45, 7) is 4.40. The molecule has 0 radical (unpaired) electrons. The molecule has 0 aromatic heterocycles. The van der Waals surface area contributed by atoms with Crippen molar-refractivity contribution in [3.05, 3.63) is 53.6 Å². The Morgan fingerprint density at radius 2 is 1.64 bits per heavy atom. The van der Waals surface area contributed by atoms with Crippen molar-refractivity contribution in [2.45, 2.75) is 19.4 Å². The SMILES string of the molecule is CN(C)c1ccc(C=NC(C)(C)CN=Cc2ccccc2O)c(O)c1. The normalized spacial score (nSPS) is 12.2. The first-order valence-electron chi connectivity index (χ1n) is 8.12. The van der Waals surface area contributed by atoms with Crippen LogP contribution in [-0.4, -0.2) is 48.8 Å². The smallest absolute Gasteiger partial charge is 0.126 e. The number of phenols is 2. The van der Waals surface area contributed by atoms with Crippen molar-refractivity contribution in [1.29, 1.82) is 0 Å². The van der Waals surface area contributed by atoms with Crippen LogP contribution < -0.4 is 4.90 Å². The molecule has 5 nitrogen and oxygen atoms in total. The largest absolute Gasteiger partial charge is 0.507 e. The summed E-state index contributed by atoms with van der Waals surface area (Å²) in [6.07, 6.45) is 3.32. The lowest BCUT2D eigenvalue weighted by molar-refractivity contribution is 0.473. The van der Waals surface area contributed by atoms with E-state index in [2.05, 4.69) is 9.98 Å². The van der Waals surface area contributed by atoms with Crippen LogP contribution in [0.3, 0.4) is 0 Å². The fourth-order valence-corrected chi connectivity index (χ4v) is 2.17. The highest BCUT2D eigenvalue weighted by Crippen LogP contribution is 2.23. The minimum absolute atomic E-state index is 0.198. The van der Waals surface area contributed by atoms with Crippen molar-refractivity contribution in [2.75, 3.05) is 25.5 Å². The molecule has 0 spiro atoms. The van der Waals surface area contributed by atoms with Gasteiger partial charge < -0.3 is 15.1 Å². The van der Waals surface area contributed by atoms with Gasteiger partial charge in [-0.05, 0) is 38.1 Å². The van der Waals surface area contributed by atoms with Gasteiger partial charge in [0.05, 0.1) is 12.1 Å². The number of anilines is 1. The average Bonchev–Trinajstić information content (AvgIpc) is 2.55. The lowest BCUT2D eigenvalue weighted by atomic mass is 10.1. The van der Waals surface area contributed by atoms with E-state index in [4.69, 9.17) is 0 Å². The summed E-state index contributed by atoms with van der Waals surface area (Å²) in [5, 5.41) is 19.8. The van der Waals surface area contributed by atoms with E-state index in [0.29, 0.717) is 17.7 Å². The summed E-state index contributed by atoms with van der Waals surface area (Å²) in [4.78, 5) is 10.8. The number of hydrogen-bond donors (Lipinski definition) is 2. The van der Waals surface area contributed by atoms with Gasteiger partial charge in [-0.25, -0.2) is 0 Å². The maximum Gasteiger partial charge on any atom is 0.126 e. The molecule has 2 aromatic rings. The molecule has 0 bridgehead atoms. The van der Waals surface area contributed by atoms with Crippen LogP contribution in [0.15, 0.2) is 52.4 Å². The van der Waals surface area contributed by atoms with E-state index in [0.717, 1.165) is 5.69 Å². The molecule has 132 valence electrons. The van der Waals surface area contributed by atoms with E-state index in [1.54, 1.807) is 36.7 Å². The summed E-state index contributed by atoms with van der Waals surface area (Å²) in [5.41, 5.74) is 1.86. The number of phenolic OH excluding ortho intramolecular Hbond substituents is 2. The standard InChI is InChI=1S/C20H25N3O2/c1-20(2,14-21-12-15-7-5-6-8-18(15)24)22-13-16-9-10-17(23(3)4)11-19(16)25/h5-13,24-25H,14H2,1-4H3. The summed E-state index contributed by atoms with van der Waals surface area (Å²) >= 11 is 0. The number of benzene rings is 2. The van der Waals surface area contributed by atoms with E-state index >= 15 is 0 Å². The van der Waals surface area contributed by atoms with E-state index in [-0.39, 0.29) is 11.5 Å². The Hall–Kier alpha value is -2.82. The van der Waals surface area contributed by atoms with Crippen LogP contribution in [0.4, 0.5) is 5.69 Å². The monoisotopic (exact) mass is 339 g/mol. The Bertz CT molecular complexity index is 780. The molecule has 0 amide bonds. The molecule has 0 heterocycles. The maximum absolute atomic E-state index is 10.1.